The molecule has 3 aromatic rings. The number of aromatic amines is 1. The van der Waals surface area contributed by atoms with Gasteiger partial charge in [0.2, 0.25) is 0 Å². The molecule has 6 rings (SSSR count). The maximum Gasteiger partial charge on any atom is 0.138 e. The van der Waals surface area contributed by atoms with E-state index in [1.165, 1.54) is 47.8 Å². The number of nitrogens with zero attached hydrogens (tertiary/aromatic N) is 2. The highest BCUT2D eigenvalue weighted by Gasteiger charge is 2.37. The molecule has 1 aromatic carbocycles. The molecule has 0 radical (unpaired) electrons. The molecule has 2 aliphatic heterocycles. The number of benzene rings is 1. The summed E-state index contributed by atoms with van der Waals surface area (Å²) in [4.78, 5) is 11.4. The van der Waals surface area contributed by atoms with Gasteiger partial charge in [0.05, 0.1) is 17.9 Å². The Morgan fingerprint density at radius 1 is 1.13 bits per heavy atom. The molecule has 5 nitrogen and oxygen atoms in total. The van der Waals surface area contributed by atoms with Crippen molar-refractivity contribution >= 4 is 10.9 Å². The van der Waals surface area contributed by atoms with Gasteiger partial charge in [0.15, 0.2) is 0 Å². The van der Waals surface area contributed by atoms with Gasteiger partial charge >= 0.3 is 0 Å². The van der Waals surface area contributed by atoms with Crippen molar-refractivity contribution in [1.29, 1.82) is 0 Å². The molecule has 31 heavy (non-hydrogen) atoms. The summed E-state index contributed by atoms with van der Waals surface area (Å²) >= 11 is 0. The Bertz CT molecular complexity index is 1050. The van der Waals surface area contributed by atoms with Crippen molar-refractivity contribution in [2.45, 2.75) is 57.2 Å². The zero-order chi connectivity index (χ0) is 20.8. The van der Waals surface area contributed by atoms with Crippen LogP contribution < -0.4 is 10.1 Å². The number of pyridine rings is 1. The van der Waals surface area contributed by atoms with Gasteiger partial charge in [0.25, 0.3) is 0 Å². The highest BCUT2D eigenvalue weighted by molar-refractivity contribution is 5.85. The largest absolute Gasteiger partial charge is 0.486 e. The topological polar surface area (TPSA) is 53.2 Å². The van der Waals surface area contributed by atoms with Crippen LogP contribution in [0, 0.1) is 5.92 Å². The van der Waals surface area contributed by atoms with E-state index in [1.807, 2.05) is 6.20 Å². The summed E-state index contributed by atoms with van der Waals surface area (Å²) in [5.41, 5.74) is 5.16. The molecule has 0 spiro atoms. The summed E-state index contributed by atoms with van der Waals surface area (Å²) in [5, 5.41) is 4.62. The summed E-state index contributed by atoms with van der Waals surface area (Å²) in [6, 6.07) is 13.7. The number of hydrogen-bond acceptors (Lipinski definition) is 4. The van der Waals surface area contributed by atoms with Crippen LogP contribution in [0.3, 0.4) is 0 Å². The monoisotopic (exact) mass is 416 g/mol. The average Bonchev–Trinajstić information content (AvgIpc) is 3.08. The van der Waals surface area contributed by atoms with Gasteiger partial charge in [0.1, 0.15) is 11.9 Å². The van der Waals surface area contributed by atoms with E-state index < -0.39 is 0 Å². The summed E-state index contributed by atoms with van der Waals surface area (Å²) < 4.78 is 6.01. The summed E-state index contributed by atoms with van der Waals surface area (Å²) in [6.45, 7) is 5.38. The van der Waals surface area contributed by atoms with Crippen LogP contribution in [0.4, 0.5) is 0 Å². The second-order valence-electron chi connectivity index (χ2n) is 9.66. The van der Waals surface area contributed by atoms with Gasteiger partial charge in [-0.15, -0.1) is 0 Å². The van der Waals surface area contributed by atoms with Gasteiger partial charge in [-0.05, 0) is 56.0 Å². The molecule has 1 aliphatic carbocycles. The lowest BCUT2D eigenvalue weighted by Crippen LogP contribution is -2.50. The van der Waals surface area contributed by atoms with Crippen LogP contribution in [0.25, 0.3) is 10.9 Å². The van der Waals surface area contributed by atoms with E-state index in [0.717, 1.165) is 43.4 Å². The van der Waals surface area contributed by atoms with Crippen LogP contribution in [-0.2, 0) is 6.42 Å². The third-order valence-corrected chi connectivity index (χ3v) is 7.62. The van der Waals surface area contributed by atoms with Gasteiger partial charge in [-0.3, -0.25) is 9.88 Å². The molecule has 1 saturated carbocycles. The molecule has 1 saturated heterocycles. The minimum absolute atomic E-state index is 0.172. The fourth-order valence-electron chi connectivity index (χ4n) is 5.45. The minimum atomic E-state index is 0.172. The molecule has 5 heteroatoms. The van der Waals surface area contributed by atoms with Crippen molar-refractivity contribution in [1.82, 2.24) is 20.2 Å². The normalized spacial score (nSPS) is 24.5. The standard InChI is InChI=1S/C26H32N4O/c1-17-13-22-21-7-2-3-8-23(21)29-25(22)26(30(17)12-11-18-5-4-6-18)24-10-9-19(16-28-24)31-20-14-27-15-20/h2-3,7-10,16-18,20,26-27,29H,4-6,11-15H2,1H3/t17-,26-/m1/s1. The number of hydrogen-bond donors (Lipinski definition) is 2. The lowest BCUT2D eigenvalue weighted by atomic mass is 9.82. The third kappa shape index (κ3) is 3.54. The predicted octanol–water partition coefficient (Wildman–Crippen LogP) is 4.44. The quantitative estimate of drug-likeness (QED) is 0.624. The Hall–Kier alpha value is -2.37. The van der Waals surface area contributed by atoms with Gasteiger partial charge in [0, 0.05) is 35.7 Å². The van der Waals surface area contributed by atoms with E-state index in [1.54, 1.807) is 0 Å². The lowest BCUT2D eigenvalue weighted by molar-refractivity contribution is 0.124. The number of rotatable bonds is 6. The van der Waals surface area contributed by atoms with Crippen LogP contribution in [-0.4, -0.2) is 46.6 Å². The average molecular weight is 417 g/mol. The number of aromatic nitrogens is 2. The van der Waals surface area contributed by atoms with E-state index in [-0.39, 0.29) is 12.1 Å². The molecule has 2 aromatic heterocycles. The molecule has 2 fully saturated rings. The summed E-state index contributed by atoms with van der Waals surface area (Å²) in [6.07, 6.45) is 8.81. The van der Waals surface area contributed by atoms with E-state index >= 15 is 0 Å². The molecular formula is C26H32N4O. The summed E-state index contributed by atoms with van der Waals surface area (Å²) in [5.74, 6) is 1.79. The number of ether oxygens (including phenoxy) is 1. The molecule has 0 bridgehead atoms. The van der Waals surface area contributed by atoms with Gasteiger partial charge in [-0.1, -0.05) is 37.5 Å². The van der Waals surface area contributed by atoms with Crippen LogP contribution >= 0.6 is 0 Å². The van der Waals surface area contributed by atoms with Crippen molar-refractivity contribution in [2.75, 3.05) is 19.6 Å². The fraction of sp³-hybridized carbons (Fsp3) is 0.500. The minimum Gasteiger partial charge on any atom is -0.486 e. The van der Waals surface area contributed by atoms with E-state index in [2.05, 4.69) is 58.5 Å². The second-order valence-corrected chi connectivity index (χ2v) is 9.66. The Labute approximate surface area is 184 Å². The van der Waals surface area contributed by atoms with Crippen LogP contribution in [0.15, 0.2) is 42.6 Å². The van der Waals surface area contributed by atoms with Crippen molar-refractivity contribution in [3.8, 4) is 5.75 Å². The zero-order valence-corrected chi connectivity index (χ0v) is 18.3. The lowest BCUT2D eigenvalue weighted by Gasteiger charge is -2.41. The molecule has 4 heterocycles. The molecule has 162 valence electrons. The number of fused-ring (bicyclic) bond motifs is 3. The van der Waals surface area contributed by atoms with E-state index in [0.29, 0.717) is 6.04 Å². The van der Waals surface area contributed by atoms with Crippen molar-refractivity contribution in [2.24, 2.45) is 5.92 Å². The highest BCUT2D eigenvalue weighted by atomic mass is 16.5. The first-order valence-corrected chi connectivity index (χ1v) is 11.9. The third-order valence-electron chi connectivity index (χ3n) is 7.62. The van der Waals surface area contributed by atoms with Crippen LogP contribution in [0.1, 0.15) is 55.6 Å². The van der Waals surface area contributed by atoms with E-state index in [9.17, 15) is 0 Å². The van der Waals surface area contributed by atoms with Crippen LogP contribution in [0.2, 0.25) is 0 Å². The van der Waals surface area contributed by atoms with Gasteiger partial charge in [-0.2, -0.15) is 0 Å². The molecule has 0 amide bonds. The highest BCUT2D eigenvalue weighted by Crippen LogP contribution is 2.41. The van der Waals surface area contributed by atoms with Crippen molar-refractivity contribution in [3.63, 3.8) is 0 Å². The fourth-order valence-corrected chi connectivity index (χ4v) is 5.45. The number of nitrogens with one attached hydrogen (secondary N) is 2. The molecular weight excluding hydrogens is 384 g/mol. The SMILES string of the molecule is C[C@@H]1Cc2c([nH]c3ccccc23)[C@@H](c2ccc(OC3CNC3)cn2)N1CCC1CCC1. The molecule has 2 atom stereocenters. The molecule has 2 N–H and O–H groups in total. The zero-order valence-electron chi connectivity index (χ0n) is 18.3. The Balaban J connectivity index is 1.35. The predicted molar refractivity (Wildman–Crippen MR) is 123 cm³/mol. The second kappa shape index (κ2) is 7.95. The first-order chi connectivity index (χ1) is 15.3. The first-order valence-electron chi connectivity index (χ1n) is 11.9. The number of para-hydroxylation sites is 1. The first kappa shape index (κ1) is 19.3. The Morgan fingerprint density at radius 3 is 2.71 bits per heavy atom. The van der Waals surface area contributed by atoms with Gasteiger partial charge in [-0.25, -0.2) is 0 Å². The Kier molecular flexibility index (Phi) is 4.96. The Morgan fingerprint density at radius 2 is 2.00 bits per heavy atom. The van der Waals surface area contributed by atoms with Crippen molar-refractivity contribution in [3.05, 3.63) is 59.5 Å². The maximum absolute atomic E-state index is 6.01. The molecule has 0 unspecified atom stereocenters. The van der Waals surface area contributed by atoms with E-state index in [4.69, 9.17) is 9.72 Å². The number of H-pyrrole nitrogens is 1. The maximum atomic E-state index is 6.01. The smallest absolute Gasteiger partial charge is 0.138 e. The van der Waals surface area contributed by atoms with Crippen molar-refractivity contribution < 1.29 is 4.74 Å². The van der Waals surface area contributed by atoms with Gasteiger partial charge < -0.3 is 15.0 Å². The summed E-state index contributed by atoms with van der Waals surface area (Å²) in [7, 11) is 0. The van der Waals surface area contributed by atoms with Crippen LogP contribution in [0.5, 0.6) is 5.75 Å². The molecule has 3 aliphatic rings.